The molecule has 0 spiro atoms. The van der Waals surface area contributed by atoms with E-state index in [1.807, 2.05) is 13.8 Å². The number of ether oxygens (including phenoxy) is 1. The van der Waals surface area contributed by atoms with Crippen LogP contribution in [0.5, 0.6) is 0 Å². The first-order valence-electron chi connectivity index (χ1n) is 6.42. The number of amides is 1. The van der Waals surface area contributed by atoms with E-state index >= 15 is 0 Å². The van der Waals surface area contributed by atoms with E-state index in [0.29, 0.717) is 0 Å². The predicted octanol–water partition coefficient (Wildman–Crippen LogP) is 4.57. The summed E-state index contributed by atoms with van der Waals surface area (Å²) >= 11 is 0. The highest BCUT2D eigenvalue weighted by Crippen LogP contribution is 2.26. The standard InChI is InChI=1S/C12H16F2N2O2.C2H6/c1-11(2,3)18-10(17)16-8-5-6-15-9(7-8)12(4,13)14;1-2/h5-7H,1-4H3,(H,15,16,17);1-2H3. The molecule has 4 nitrogen and oxygen atoms in total. The monoisotopic (exact) mass is 288 g/mol. The van der Waals surface area contributed by atoms with Gasteiger partial charge in [-0.25, -0.2) is 4.79 Å². The van der Waals surface area contributed by atoms with Crippen molar-refractivity contribution in [3.63, 3.8) is 0 Å². The van der Waals surface area contributed by atoms with Gasteiger partial charge in [0.25, 0.3) is 5.92 Å². The number of hydrogen-bond acceptors (Lipinski definition) is 3. The van der Waals surface area contributed by atoms with Gasteiger partial charge in [0.05, 0.1) is 0 Å². The Labute approximate surface area is 118 Å². The minimum atomic E-state index is -3.05. The van der Waals surface area contributed by atoms with E-state index in [0.717, 1.165) is 13.0 Å². The molecule has 114 valence electrons. The van der Waals surface area contributed by atoms with Crippen molar-refractivity contribution >= 4 is 11.8 Å². The summed E-state index contributed by atoms with van der Waals surface area (Å²) < 4.78 is 31.1. The van der Waals surface area contributed by atoms with Gasteiger partial charge in [0.15, 0.2) is 0 Å². The van der Waals surface area contributed by atoms with Crippen LogP contribution in [0, 0.1) is 0 Å². The molecule has 1 aromatic rings. The predicted molar refractivity (Wildman–Crippen MR) is 75.0 cm³/mol. The third-order valence-electron chi connectivity index (χ3n) is 1.85. The Morgan fingerprint density at radius 2 is 1.80 bits per heavy atom. The van der Waals surface area contributed by atoms with E-state index in [-0.39, 0.29) is 5.69 Å². The molecule has 0 fully saturated rings. The first-order valence-corrected chi connectivity index (χ1v) is 6.42. The lowest BCUT2D eigenvalue weighted by atomic mass is 10.2. The van der Waals surface area contributed by atoms with Crippen LogP contribution in [0.4, 0.5) is 19.3 Å². The topological polar surface area (TPSA) is 51.2 Å². The molecule has 0 aromatic carbocycles. The quantitative estimate of drug-likeness (QED) is 0.867. The summed E-state index contributed by atoms with van der Waals surface area (Å²) in [6.07, 6.45) is 0.512. The fourth-order valence-electron chi connectivity index (χ4n) is 1.17. The van der Waals surface area contributed by atoms with Crippen LogP contribution in [0.15, 0.2) is 18.3 Å². The van der Waals surface area contributed by atoms with Gasteiger partial charge < -0.3 is 4.74 Å². The van der Waals surface area contributed by atoms with E-state index in [1.54, 1.807) is 20.8 Å². The zero-order valence-corrected chi connectivity index (χ0v) is 12.8. The second-order valence-corrected chi connectivity index (χ2v) is 4.95. The number of halogens is 2. The Bertz CT molecular complexity index is 438. The lowest BCUT2D eigenvalue weighted by molar-refractivity contribution is 0.0128. The highest BCUT2D eigenvalue weighted by molar-refractivity contribution is 5.84. The van der Waals surface area contributed by atoms with Crippen LogP contribution in [0.25, 0.3) is 0 Å². The maximum Gasteiger partial charge on any atom is 0.412 e. The molecule has 0 aliphatic heterocycles. The van der Waals surface area contributed by atoms with Crippen molar-refractivity contribution in [1.29, 1.82) is 0 Å². The van der Waals surface area contributed by atoms with Gasteiger partial charge in [-0.1, -0.05) is 13.8 Å². The maximum atomic E-state index is 13.0. The normalized spacial score (nSPS) is 11.2. The van der Waals surface area contributed by atoms with Gasteiger partial charge in [-0.05, 0) is 32.9 Å². The van der Waals surface area contributed by atoms with Crippen molar-refractivity contribution in [1.82, 2.24) is 4.98 Å². The zero-order chi connectivity index (χ0) is 16.0. The Morgan fingerprint density at radius 3 is 2.25 bits per heavy atom. The number of hydrogen-bond donors (Lipinski definition) is 1. The van der Waals surface area contributed by atoms with Crippen molar-refractivity contribution in [2.75, 3.05) is 5.32 Å². The minimum absolute atomic E-state index is 0.218. The summed E-state index contributed by atoms with van der Waals surface area (Å²) in [4.78, 5) is 15.0. The fraction of sp³-hybridized carbons (Fsp3) is 0.571. The van der Waals surface area contributed by atoms with Crippen molar-refractivity contribution in [3.8, 4) is 0 Å². The lowest BCUT2D eigenvalue weighted by Crippen LogP contribution is -2.27. The van der Waals surface area contributed by atoms with Crippen LogP contribution in [-0.2, 0) is 10.7 Å². The van der Waals surface area contributed by atoms with Crippen LogP contribution in [0.1, 0.15) is 47.2 Å². The van der Waals surface area contributed by atoms with Crippen molar-refractivity contribution in [3.05, 3.63) is 24.0 Å². The summed E-state index contributed by atoms with van der Waals surface area (Å²) in [6, 6.07) is 2.53. The largest absolute Gasteiger partial charge is 0.444 e. The molecule has 0 saturated carbocycles. The second-order valence-electron chi connectivity index (χ2n) is 4.95. The molecular weight excluding hydrogens is 266 g/mol. The van der Waals surface area contributed by atoms with E-state index in [9.17, 15) is 13.6 Å². The number of aromatic nitrogens is 1. The molecule has 0 aliphatic carbocycles. The van der Waals surface area contributed by atoms with E-state index < -0.39 is 23.3 Å². The van der Waals surface area contributed by atoms with Crippen LogP contribution in [-0.4, -0.2) is 16.7 Å². The summed E-state index contributed by atoms with van der Waals surface area (Å²) in [5, 5.41) is 2.38. The van der Waals surface area contributed by atoms with Gasteiger partial charge in [-0.2, -0.15) is 8.78 Å². The van der Waals surface area contributed by atoms with Crippen LogP contribution in [0.3, 0.4) is 0 Å². The summed E-state index contributed by atoms with van der Waals surface area (Å²) in [5.74, 6) is -3.05. The number of pyridine rings is 1. The van der Waals surface area contributed by atoms with Crippen LogP contribution < -0.4 is 5.32 Å². The SMILES string of the molecule is CC.CC(C)(C)OC(=O)Nc1ccnc(C(C)(F)F)c1. The number of nitrogens with zero attached hydrogens (tertiary/aromatic N) is 1. The molecule has 0 bridgehead atoms. The molecule has 1 rings (SSSR count). The zero-order valence-electron chi connectivity index (χ0n) is 12.8. The Kier molecular flexibility index (Phi) is 6.55. The maximum absolute atomic E-state index is 13.0. The molecule has 0 unspecified atom stereocenters. The molecule has 20 heavy (non-hydrogen) atoms. The molecule has 0 aliphatic rings. The molecule has 0 radical (unpaired) electrons. The summed E-state index contributed by atoms with van der Waals surface area (Å²) in [6.45, 7) is 9.88. The molecule has 6 heteroatoms. The third kappa shape index (κ3) is 7.01. The van der Waals surface area contributed by atoms with E-state index in [1.165, 1.54) is 12.3 Å². The Balaban J connectivity index is 0.00000172. The van der Waals surface area contributed by atoms with Gasteiger partial charge in [0.2, 0.25) is 0 Å². The van der Waals surface area contributed by atoms with Crippen LogP contribution in [0.2, 0.25) is 0 Å². The fourth-order valence-corrected chi connectivity index (χ4v) is 1.17. The smallest absolute Gasteiger partial charge is 0.412 e. The average Bonchev–Trinajstić information content (AvgIpc) is 2.28. The highest BCUT2D eigenvalue weighted by atomic mass is 19.3. The molecule has 1 N–H and O–H groups in total. The number of anilines is 1. The number of carbonyl (C=O) groups excluding carboxylic acids is 1. The summed E-state index contributed by atoms with van der Waals surface area (Å²) in [7, 11) is 0. The first-order chi connectivity index (χ1) is 9.08. The number of nitrogens with one attached hydrogen (secondary N) is 1. The number of rotatable bonds is 2. The number of alkyl halides is 2. The van der Waals surface area contributed by atoms with E-state index in [4.69, 9.17) is 4.74 Å². The average molecular weight is 288 g/mol. The first kappa shape index (κ1) is 18.3. The van der Waals surface area contributed by atoms with Crippen molar-refractivity contribution in [2.45, 2.75) is 53.1 Å². The highest BCUT2D eigenvalue weighted by Gasteiger charge is 2.26. The molecular formula is C14H22F2N2O2. The summed E-state index contributed by atoms with van der Waals surface area (Å²) in [5.41, 5.74) is -0.832. The van der Waals surface area contributed by atoms with Gasteiger partial charge in [-0.15, -0.1) is 0 Å². The molecule has 0 atom stereocenters. The lowest BCUT2D eigenvalue weighted by Gasteiger charge is -2.20. The molecule has 1 heterocycles. The van der Waals surface area contributed by atoms with Crippen molar-refractivity contribution < 1.29 is 18.3 Å². The van der Waals surface area contributed by atoms with E-state index in [2.05, 4.69) is 10.3 Å². The molecule has 0 saturated heterocycles. The van der Waals surface area contributed by atoms with Crippen molar-refractivity contribution in [2.24, 2.45) is 0 Å². The number of carbonyl (C=O) groups is 1. The molecule has 1 amide bonds. The van der Waals surface area contributed by atoms with Gasteiger partial charge in [0, 0.05) is 18.8 Å². The molecule has 1 aromatic heterocycles. The third-order valence-corrected chi connectivity index (χ3v) is 1.85. The van der Waals surface area contributed by atoms with Crippen LogP contribution >= 0.6 is 0 Å². The Hall–Kier alpha value is -1.72. The second kappa shape index (κ2) is 7.17. The van der Waals surface area contributed by atoms with Gasteiger partial charge >= 0.3 is 6.09 Å². The minimum Gasteiger partial charge on any atom is -0.444 e. The van der Waals surface area contributed by atoms with Gasteiger partial charge in [0.1, 0.15) is 11.3 Å². The van der Waals surface area contributed by atoms with Gasteiger partial charge in [-0.3, -0.25) is 10.3 Å². The Morgan fingerprint density at radius 1 is 1.25 bits per heavy atom.